The van der Waals surface area contributed by atoms with E-state index in [0.717, 1.165) is 0 Å². The van der Waals surface area contributed by atoms with Gasteiger partial charge in [-0.25, -0.2) is 0 Å². The fourth-order valence-corrected chi connectivity index (χ4v) is 1.17. The number of methoxy groups -OCH3 is 2. The molecule has 0 saturated carbocycles. The number of nitriles is 1. The van der Waals surface area contributed by atoms with Crippen LogP contribution in [0.3, 0.4) is 0 Å². The number of benzene rings is 1. The predicted molar refractivity (Wildman–Crippen MR) is 53.4 cm³/mol. The molecule has 0 N–H and O–H groups in total. The Kier molecular flexibility index (Phi) is 3.69. The Morgan fingerprint density at radius 2 is 2.20 bits per heavy atom. The van der Waals surface area contributed by atoms with E-state index in [1.54, 1.807) is 18.2 Å². The number of carbonyl (C=O) groups is 1. The first-order valence-corrected chi connectivity index (χ1v) is 4.35. The van der Waals surface area contributed by atoms with E-state index in [1.807, 2.05) is 6.07 Å². The Morgan fingerprint density at radius 3 is 2.73 bits per heavy atom. The Morgan fingerprint density at radius 1 is 1.47 bits per heavy atom. The van der Waals surface area contributed by atoms with Gasteiger partial charge in [0.15, 0.2) is 0 Å². The molecular weight excluding hydrogens is 194 g/mol. The van der Waals surface area contributed by atoms with Crippen LogP contribution < -0.4 is 4.74 Å². The lowest BCUT2D eigenvalue weighted by atomic mass is 10.1. The van der Waals surface area contributed by atoms with Crippen LogP contribution >= 0.6 is 0 Å². The third-order valence-corrected chi connectivity index (χ3v) is 2.00. The van der Waals surface area contributed by atoms with E-state index >= 15 is 0 Å². The van der Waals surface area contributed by atoms with Crippen molar-refractivity contribution in [3.8, 4) is 11.8 Å². The van der Waals surface area contributed by atoms with Gasteiger partial charge in [0.05, 0.1) is 32.3 Å². The van der Waals surface area contributed by atoms with Crippen LogP contribution in [0.4, 0.5) is 0 Å². The molecule has 0 aliphatic rings. The largest absolute Gasteiger partial charge is 0.497 e. The quantitative estimate of drug-likeness (QED) is 0.697. The van der Waals surface area contributed by atoms with E-state index in [9.17, 15) is 4.79 Å². The average molecular weight is 205 g/mol. The molecule has 0 radical (unpaired) electrons. The van der Waals surface area contributed by atoms with Crippen molar-refractivity contribution in [1.82, 2.24) is 0 Å². The average Bonchev–Trinajstić information content (AvgIpc) is 2.29. The number of nitrogens with zero attached hydrogens (tertiary/aromatic N) is 1. The first-order valence-electron chi connectivity index (χ1n) is 4.35. The highest BCUT2D eigenvalue weighted by Crippen LogP contribution is 2.17. The highest BCUT2D eigenvalue weighted by molar-refractivity contribution is 5.73. The van der Waals surface area contributed by atoms with Crippen molar-refractivity contribution in [3.05, 3.63) is 29.3 Å². The summed E-state index contributed by atoms with van der Waals surface area (Å²) in [6.45, 7) is 0. The summed E-state index contributed by atoms with van der Waals surface area (Å²) in [6.07, 6.45) is 0.101. The maximum Gasteiger partial charge on any atom is 0.310 e. The van der Waals surface area contributed by atoms with Gasteiger partial charge in [-0.1, -0.05) is 6.07 Å². The van der Waals surface area contributed by atoms with Gasteiger partial charge in [-0.05, 0) is 17.7 Å². The van der Waals surface area contributed by atoms with Gasteiger partial charge in [-0.15, -0.1) is 0 Å². The molecule has 0 aliphatic carbocycles. The Balaban J connectivity index is 2.99. The molecule has 0 heterocycles. The monoisotopic (exact) mass is 205 g/mol. The van der Waals surface area contributed by atoms with Gasteiger partial charge < -0.3 is 9.47 Å². The van der Waals surface area contributed by atoms with Gasteiger partial charge in [-0.3, -0.25) is 4.79 Å². The lowest BCUT2D eigenvalue weighted by Gasteiger charge is -2.05. The fourth-order valence-electron chi connectivity index (χ4n) is 1.17. The van der Waals surface area contributed by atoms with Gasteiger partial charge in [0.2, 0.25) is 0 Å². The van der Waals surface area contributed by atoms with Crippen LogP contribution in [0.5, 0.6) is 5.75 Å². The Labute approximate surface area is 88.0 Å². The molecular formula is C11H11NO3. The number of carbonyl (C=O) groups excluding carboxylic acids is 1. The third-order valence-electron chi connectivity index (χ3n) is 2.00. The van der Waals surface area contributed by atoms with Crippen molar-refractivity contribution in [3.63, 3.8) is 0 Å². The van der Waals surface area contributed by atoms with Gasteiger partial charge in [0, 0.05) is 0 Å². The number of esters is 1. The molecule has 4 nitrogen and oxygen atoms in total. The summed E-state index contributed by atoms with van der Waals surface area (Å²) in [5, 5.41) is 8.87. The van der Waals surface area contributed by atoms with E-state index < -0.39 is 0 Å². The minimum atomic E-state index is -0.364. The summed E-state index contributed by atoms with van der Waals surface area (Å²) in [4.78, 5) is 11.0. The summed E-state index contributed by atoms with van der Waals surface area (Å²) >= 11 is 0. The zero-order valence-corrected chi connectivity index (χ0v) is 8.61. The van der Waals surface area contributed by atoms with Crippen LogP contribution in [0, 0.1) is 11.3 Å². The second kappa shape index (κ2) is 5.01. The number of hydrogen-bond acceptors (Lipinski definition) is 4. The third kappa shape index (κ3) is 2.71. The summed E-state index contributed by atoms with van der Waals surface area (Å²) in [5.41, 5.74) is 1.07. The molecule has 0 aliphatic heterocycles. The second-order valence-corrected chi connectivity index (χ2v) is 2.89. The highest BCUT2D eigenvalue weighted by atomic mass is 16.5. The van der Waals surface area contributed by atoms with Crippen LogP contribution in [0.15, 0.2) is 18.2 Å². The fraction of sp³-hybridized carbons (Fsp3) is 0.273. The highest BCUT2D eigenvalue weighted by Gasteiger charge is 2.08. The molecule has 0 atom stereocenters. The molecule has 0 saturated heterocycles. The first-order chi connectivity index (χ1) is 7.21. The minimum Gasteiger partial charge on any atom is -0.497 e. The molecule has 0 unspecified atom stereocenters. The van der Waals surface area contributed by atoms with Crippen molar-refractivity contribution in [1.29, 1.82) is 5.26 Å². The van der Waals surface area contributed by atoms with Crippen molar-refractivity contribution < 1.29 is 14.3 Å². The molecule has 1 aromatic rings. The van der Waals surface area contributed by atoms with E-state index in [2.05, 4.69) is 4.74 Å². The molecule has 0 fully saturated rings. The van der Waals surface area contributed by atoms with Gasteiger partial charge >= 0.3 is 5.97 Å². The van der Waals surface area contributed by atoms with Crippen LogP contribution in [-0.2, 0) is 16.0 Å². The topological polar surface area (TPSA) is 59.3 Å². The second-order valence-electron chi connectivity index (χ2n) is 2.89. The van der Waals surface area contributed by atoms with Gasteiger partial charge in [-0.2, -0.15) is 5.26 Å². The van der Waals surface area contributed by atoms with Crippen molar-refractivity contribution in [2.24, 2.45) is 0 Å². The Hall–Kier alpha value is -2.02. The molecule has 1 rings (SSSR count). The number of hydrogen-bond donors (Lipinski definition) is 0. The number of ether oxygens (including phenoxy) is 2. The van der Waals surface area contributed by atoms with Crippen LogP contribution in [0.2, 0.25) is 0 Å². The summed E-state index contributed by atoms with van der Waals surface area (Å²) < 4.78 is 9.51. The summed E-state index contributed by atoms with van der Waals surface area (Å²) in [5.74, 6) is 0.233. The molecule has 0 aromatic heterocycles. The first kappa shape index (κ1) is 11.1. The van der Waals surface area contributed by atoms with Crippen molar-refractivity contribution in [2.75, 3.05) is 14.2 Å². The van der Waals surface area contributed by atoms with Crippen molar-refractivity contribution in [2.45, 2.75) is 6.42 Å². The standard InChI is InChI=1S/C11H11NO3/c1-14-10-4-3-8(6-11(13)15-2)9(5-10)7-12/h3-5H,6H2,1-2H3. The lowest BCUT2D eigenvalue weighted by Crippen LogP contribution is -2.06. The van der Waals surface area contributed by atoms with Crippen molar-refractivity contribution >= 4 is 5.97 Å². The van der Waals surface area contributed by atoms with Crippen LogP contribution in [0.25, 0.3) is 0 Å². The Bertz CT molecular complexity index is 407. The number of rotatable bonds is 3. The summed E-state index contributed by atoms with van der Waals surface area (Å²) in [6, 6.07) is 7.00. The molecule has 4 heteroatoms. The minimum absolute atomic E-state index is 0.101. The molecule has 0 amide bonds. The van der Waals surface area contributed by atoms with Gasteiger partial charge in [0.1, 0.15) is 5.75 Å². The van der Waals surface area contributed by atoms with Crippen LogP contribution in [0.1, 0.15) is 11.1 Å². The molecule has 0 bridgehead atoms. The molecule has 15 heavy (non-hydrogen) atoms. The zero-order valence-electron chi connectivity index (χ0n) is 8.61. The molecule has 1 aromatic carbocycles. The lowest BCUT2D eigenvalue weighted by molar-refractivity contribution is -0.139. The van der Waals surface area contributed by atoms with Gasteiger partial charge in [0.25, 0.3) is 0 Å². The normalized spacial score (nSPS) is 9.13. The zero-order chi connectivity index (χ0) is 11.3. The maximum absolute atomic E-state index is 11.0. The molecule has 0 spiro atoms. The predicted octanol–water partition coefficient (Wildman–Crippen LogP) is 1.28. The summed E-state index contributed by atoms with van der Waals surface area (Å²) in [7, 11) is 2.84. The van der Waals surface area contributed by atoms with E-state index in [-0.39, 0.29) is 12.4 Å². The van der Waals surface area contributed by atoms with E-state index in [1.165, 1.54) is 14.2 Å². The van der Waals surface area contributed by atoms with Crippen LogP contribution in [-0.4, -0.2) is 20.2 Å². The molecule has 78 valence electrons. The maximum atomic E-state index is 11.0. The SMILES string of the molecule is COC(=O)Cc1ccc(OC)cc1C#N. The van der Waals surface area contributed by atoms with E-state index in [0.29, 0.717) is 16.9 Å². The van der Waals surface area contributed by atoms with E-state index in [4.69, 9.17) is 10.00 Å². The smallest absolute Gasteiger partial charge is 0.310 e.